The van der Waals surface area contributed by atoms with Gasteiger partial charge in [0.2, 0.25) is 5.91 Å². The highest BCUT2D eigenvalue weighted by Crippen LogP contribution is 2.39. The van der Waals surface area contributed by atoms with Gasteiger partial charge in [-0.3, -0.25) is 4.79 Å². The third kappa shape index (κ3) is 2.19. The molecule has 0 saturated carbocycles. The molecule has 1 N–H and O–H groups in total. The summed E-state index contributed by atoms with van der Waals surface area (Å²) >= 11 is 6.25. The Morgan fingerprint density at radius 1 is 1.61 bits per heavy atom. The fraction of sp³-hybridized carbons (Fsp3) is 0.429. The third-order valence-electron chi connectivity index (χ3n) is 3.46. The number of halogens is 1. The Balaban J connectivity index is 2.55. The minimum Gasteiger partial charge on any atom is -0.496 e. The standard InChI is InChI=1S/C14H17ClNO2/c1-4-9-5-11(15)8(2)13(14(9)18-3)10-6-12(17)16-7-10/h5,10H,1,4,6-7H2,2-3H3,(H,16,17). The SMILES string of the molecule is [CH2]Cc1cc(Cl)c(C)c(C2CNC(=O)C2)c1OC. The van der Waals surface area contributed by atoms with Gasteiger partial charge < -0.3 is 10.1 Å². The maximum atomic E-state index is 11.4. The van der Waals surface area contributed by atoms with Crippen LogP contribution in [0.1, 0.15) is 29.0 Å². The second kappa shape index (κ2) is 5.19. The summed E-state index contributed by atoms with van der Waals surface area (Å²) in [7, 11) is 1.65. The zero-order valence-electron chi connectivity index (χ0n) is 10.7. The molecule has 1 unspecified atom stereocenters. The van der Waals surface area contributed by atoms with Gasteiger partial charge in [-0.2, -0.15) is 0 Å². The number of ether oxygens (including phenoxy) is 1. The van der Waals surface area contributed by atoms with Gasteiger partial charge in [-0.25, -0.2) is 0 Å². The molecule has 1 radical (unpaired) electrons. The quantitative estimate of drug-likeness (QED) is 0.913. The number of hydrogen-bond acceptors (Lipinski definition) is 2. The number of benzene rings is 1. The fourth-order valence-corrected chi connectivity index (χ4v) is 2.76. The van der Waals surface area contributed by atoms with Crippen LogP contribution in [-0.2, 0) is 11.2 Å². The molecule has 0 spiro atoms. The van der Waals surface area contributed by atoms with Crippen LogP contribution >= 0.6 is 11.6 Å². The molecule has 0 aliphatic carbocycles. The molecule has 1 amide bonds. The predicted molar refractivity (Wildman–Crippen MR) is 72.2 cm³/mol. The number of amides is 1. The van der Waals surface area contributed by atoms with E-state index in [0.29, 0.717) is 24.4 Å². The van der Waals surface area contributed by atoms with Crippen molar-refractivity contribution in [3.8, 4) is 5.75 Å². The lowest BCUT2D eigenvalue weighted by Crippen LogP contribution is -2.14. The smallest absolute Gasteiger partial charge is 0.220 e. The minimum atomic E-state index is 0.0811. The average molecular weight is 267 g/mol. The van der Waals surface area contributed by atoms with E-state index in [9.17, 15) is 4.79 Å². The first-order valence-electron chi connectivity index (χ1n) is 6.00. The summed E-state index contributed by atoms with van der Waals surface area (Å²) < 4.78 is 5.51. The fourth-order valence-electron chi connectivity index (χ4n) is 2.53. The van der Waals surface area contributed by atoms with E-state index < -0.39 is 0 Å². The molecule has 1 aromatic carbocycles. The van der Waals surface area contributed by atoms with E-state index in [4.69, 9.17) is 16.3 Å². The zero-order chi connectivity index (χ0) is 13.3. The molecular weight excluding hydrogens is 250 g/mol. The summed E-state index contributed by atoms with van der Waals surface area (Å²) in [5, 5.41) is 3.56. The number of hydrogen-bond donors (Lipinski definition) is 1. The molecule has 4 heteroatoms. The maximum Gasteiger partial charge on any atom is 0.220 e. The van der Waals surface area contributed by atoms with E-state index in [1.165, 1.54) is 0 Å². The van der Waals surface area contributed by atoms with E-state index in [1.807, 2.05) is 13.0 Å². The van der Waals surface area contributed by atoms with Gasteiger partial charge in [0.15, 0.2) is 0 Å². The van der Waals surface area contributed by atoms with E-state index in [1.54, 1.807) is 7.11 Å². The lowest BCUT2D eigenvalue weighted by molar-refractivity contribution is -0.119. The Labute approximate surface area is 112 Å². The van der Waals surface area contributed by atoms with E-state index in [2.05, 4.69) is 12.2 Å². The number of methoxy groups -OCH3 is 1. The van der Waals surface area contributed by atoms with Gasteiger partial charge in [-0.15, -0.1) is 0 Å². The second-order valence-electron chi connectivity index (χ2n) is 4.54. The molecule has 1 aromatic rings. The van der Waals surface area contributed by atoms with Gasteiger partial charge in [0.05, 0.1) is 7.11 Å². The van der Waals surface area contributed by atoms with Gasteiger partial charge in [-0.05, 0) is 37.5 Å². The van der Waals surface area contributed by atoms with Crippen LogP contribution in [0.15, 0.2) is 6.07 Å². The normalized spacial score (nSPS) is 18.9. The molecule has 1 aliphatic heterocycles. The molecule has 0 aromatic heterocycles. The van der Waals surface area contributed by atoms with Crippen LogP contribution in [0.3, 0.4) is 0 Å². The van der Waals surface area contributed by atoms with Crippen molar-refractivity contribution in [2.75, 3.05) is 13.7 Å². The van der Waals surface area contributed by atoms with Crippen molar-refractivity contribution in [3.05, 3.63) is 34.7 Å². The zero-order valence-corrected chi connectivity index (χ0v) is 11.4. The largest absolute Gasteiger partial charge is 0.496 e. The van der Waals surface area contributed by atoms with Gasteiger partial charge in [0.1, 0.15) is 5.75 Å². The summed E-state index contributed by atoms with van der Waals surface area (Å²) in [6, 6.07) is 1.90. The first-order chi connectivity index (χ1) is 8.58. The molecule has 1 aliphatic rings. The average Bonchev–Trinajstić information content (AvgIpc) is 2.78. The summed E-state index contributed by atoms with van der Waals surface area (Å²) in [6.07, 6.45) is 1.11. The molecular formula is C14H17ClNO2. The van der Waals surface area contributed by atoms with Crippen molar-refractivity contribution in [3.63, 3.8) is 0 Å². The Hall–Kier alpha value is -1.22. The van der Waals surface area contributed by atoms with Gasteiger partial charge >= 0.3 is 0 Å². The van der Waals surface area contributed by atoms with Gasteiger partial charge in [0, 0.05) is 29.5 Å². The van der Waals surface area contributed by atoms with Crippen molar-refractivity contribution in [1.82, 2.24) is 5.32 Å². The van der Waals surface area contributed by atoms with Crippen LogP contribution in [0.2, 0.25) is 5.02 Å². The number of nitrogens with one attached hydrogen (secondary N) is 1. The summed E-state index contributed by atoms with van der Waals surface area (Å²) in [5.74, 6) is 1.04. The monoisotopic (exact) mass is 266 g/mol. The summed E-state index contributed by atoms with van der Waals surface area (Å²) in [5.41, 5.74) is 3.02. The number of rotatable bonds is 3. The van der Waals surface area contributed by atoms with Crippen molar-refractivity contribution >= 4 is 17.5 Å². The lowest BCUT2D eigenvalue weighted by Gasteiger charge is -2.20. The van der Waals surface area contributed by atoms with Crippen molar-refractivity contribution in [2.24, 2.45) is 0 Å². The Morgan fingerprint density at radius 2 is 2.33 bits per heavy atom. The molecule has 1 atom stereocenters. The van der Waals surface area contributed by atoms with Crippen molar-refractivity contribution < 1.29 is 9.53 Å². The van der Waals surface area contributed by atoms with Gasteiger partial charge in [-0.1, -0.05) is 11.6 Å². The summed E-state index contributed by atoms with van der Waals surface area (Å²) in [6.45, 7) is 6.51. The van der Waals surface area contributed by atoms with Crippen LogP contribution < -0.4 is 10.1 Å². The molecule has 2 rings (SSSR count). The van der Waals surface area contributed by atoms with Crippen LogP contribution in [0, 0.1) is 13.8 Å². The molecule has 1 fully saturated rings. The van der Waals surface area contributed by atoms with E-state index in [0.717, 1.165) is 22.4 Å². The highest BCUT2D eigenvalue weighted by Gasteiger charge is 2.29. The Morgan fingerprint density at radius 3 is 2.83 bits per heavy atom. The Bertz CT molecular complexity index is 485. The van der Waals surface area contributed by atoms with Crippen molar-refractivity contribution in [2.45, 2.75) is 25.7 Å². The molecule has 1 heterocycles. The minimum absolute atomic E-state index is 0.0811. The number of carbonyl (C=O) groups is 1. The first kappa shape index (κ1) is 13.2. The highest BCUT2D eigenvalue weighted by atomic mass is 35.5. The second-order valence-corrected chi connectivity index (χ2v) is 4.95. The van der Waals surface area contributed by atoms with Crippen LogP contribution in [0.4, 0.5) is 0 Å². The van der Waals surface area contributed by atoms with Crippen LogP contribution in [0.25, 0.3) is 0 Å². The number of carbonyl (C=O) groups excluding carboxylic acids is 1. The molecule has 3 nitrogen and oxygen atoms in total. The third-order valence-corrected chi connectivity index (χ3v) is 3.85. The van der Waals surface area contributed by atoms with Gasteiger partial charge in [0.25, 0.3) is 0 Å². The lowest BCUT2D eigenvalue weighted by atomic mass is 9.90. The molecule has 0 bridgehead atoms. The van der Waals surface area contributed by atoms with Crippen LogP contribution in [0.5, 0.6) is 5.75 Å². The topological polar surface area (TPSA) is 38.3 Å². The summed E-state index contributed by atoms with van der Waals surface area (Å²) in [4.78, 5) is 11.4. The van der Waals surface area contributed by atoms with E-state index in [-0.39, 0.29) is 11.8 Å². The Kier molecular flexibility index (Phi) is 3.81. The highest BCUT2D eigenvalue weighted by molar-refractivity contribution is 6.31. The maximum absolute atomic E-state index is 11.4. The predicted octanol–water partition coefficient (Wildman–Crippen LogP) is 2.64. The van der Waals surface area contributed by atoms with E-state index >= 15 is 0 Å². The molecule has 18 heavy (non-hydrogen) atoms. The molecule has 97 valence electrons. The van der Waals surface area contributed by atoms with Crippen LogP contribution in [-0.4, -0.2) is 19.6 Å². The van der Waals surface area contributed by atoms with Crippen molar-refractivity contribution in [1.29, 1.82) is 0 Å². The molecule has 1 saturated heterocycles. The first-order valence-corrected chi connectivity index (χ1v) is 6.38.